The highest BCUT2D eigenvalue weighted by Crippen LogP contribution is 2.17. The van der Waals surface area contributed by atoms with Crippen LogP contribution in [0.25, 0.3) is 0 Å². The fourth-order valence-electron chi connectivity index (χ4n) is 1.61. The summed E-state index contributed by atoms with van der Waals surface area (Å²) in [6.07, 6.45) is 1.88. The molecule has 0 unspecified atom stereocenters. The summed E-state index contributed by atoms with van der Waals surface area (Å²) in [5.41, 5.74) is 1.23. The molecule has 94 valence electrons. The van der Waals surface area contributed by atoms with Gasteiger partial charge in [0.1, 0.15) is 0 Å². The van der Waals surface area contributed by atoms with Crippen LogP contribution in [0.5, 0.6) is 0 Å². The van der Waals surface area contributed by atoms with E-state index in [1.54, 1.807) is 0 Å². The number of hydrogen-bond donors (Lipinski definition) is 2. The highest BCUT2D eigenvalue weighted by atomic mass is 79.9. The Hall–Kier alpha value is -0.870. The van der Waals surface area contributed by atoms with Crippen LogP contribution in [0.15, 0.2) is 28.7 Å². The normalized spacial score (nSPS) is 12.4. The van der Waals surface area contributed by atoms with Crippen LogP contribution < -0.4 is 5.32 Å². The van der Waals surface area contributed by atoms with Crippen molar-refractivity contribution in [2.24, 2.45) is 0 Å². The van der Waals surface area contributed by atoms with Crippen LogP contribution in [0, 0.1) is 0 Å². The van der Waals surface area contributed by atoms with Crippen molar-refractivity contribution in [3.8, 4) is 0 Å². The highest BCUT2D eigenvalue weighted by molar-refractivity contribution is 9.10. The molecular formula is C13H18BrNO2. The van der Waals surface area contributed by atoms with Gasteiger partial charge in [-0.05, 0) is 44.0 Å². The second kappa shape index (κ2) is 7.45. The smallest absolute Gasteiger partial charge is 0.303 e. The maximum absolute atomic E-state index is 10.3. The average Bonchev–Trinajstić information content (AvgIpc) is 2.28. The molecule has 0 radical (unpaired) electrons. The van der Waals surface area contributed by atoms with Crippen molar-refractivity contribution in [2.75, 3.05) is 6.54 Å². The average molecular weight is 300 g/mol. The van der Waals surface area contributed by atoms with Crippen molar-refractivity contribution < 1.29 is 9.90 Å². The van der Waals surface area contributed by atoms with E-state index in [0.29, 0.717) is 0 Å². The summed E-state index contributed by atoms with van der Waals surface area (Å²) in [6, 6.07) is 8.48. The lowest BCUT2D eigenvalue weighted by Gasteiger charge is -2.14. The number of halogens is 1. The van der Waals surface area contributed by atoms with Gasteiger partial charge in [-0.25, -0.2) is 0 Å². The van der Waals surface area contributed by atoms with E-state index in [1.165, 1.54) is 5.56 Å². The highest BCUT2D eigenvalue weighted by Gasteiger charge is 2.04. The maximum atomic E-state index is 10.3. The van der Waals surface area contributed by atoms with Crippen LogP contribution in [-0.2, 0) is 4.79 Å². The molecule has 4 heteroatoms. The third kappa shape index (κ3) is 5.84. The van der Waals surface area contributed by atoms with E-state index in [0.717, 1.165) is 23.9 Å². The standard InChI is InChI=1S/C13H18BrNO2/c1-10(11-5-4-6-12(14)9-11)15-8-3-2-7-13(16)17/h4-6,9-10,15H,2-3,7-8H2,1H3,(H,16,17)/t10-/m0/s1. The first-order valence-corrected chi connectivity index (χ1v) is 6.59. The summed E-state index contributed by atoms with van der Waals surface area (Å²) in [7, 11) is 0. The minimum absolute atomic E-state index is 0.257. The Balaban J connectivity index is 2.25. The Kier molecular flexibility index (Phi) is 6.22. The van der Waals surface area contributed by atoms with Crippen molar-refractivity contribution >= 4 is 21.9 Å². The number of hydrogen-bond acceptors (Lipinski definition) is 2. The molecule has 0 saturated heterocycles. The Bertz CT molecular complexity index is 368. The number of carbonyl (C=O) groups is 1. The summed E-state index contributed by atoms with van der Waals surface area (Å²) in [5.74, 6) is -0.718. The molecule has 2 N–H and O–H groups in total. The van der Waals surface area contributed by atoms with Crippen molar-refractivity contribution in [3.63, 3.8) is 0 Å². The molecule has 1 rings (SSSR count). The molecular weight excluding hydrogens is 282 g/mol. The molecule has 0 aliphatic heterocycles. The lowest BCUT2D eigenvalue weighted by atomic mass is 10.1. The van der Waals surface area contributed by atoms with E-state index in [-0.39, 0.29) is 12.5 Å². The van der Waals surface area contributed by atoms with Crippen LogP contribution in [0.4, 0.5) is 0 Å². The van der Waals surface area contributed by atoms with Gasteiger partial charge in [0.25, 0.3) is 0 Å². The minimum Gasteiger partial charge on any atom is -0.481 e. The minimum atomic E-state index is -0.718. The van der Waals surface area contributed by atoms with Crippen molar-refractivity contribution in [1.29, 1.82) is 0 Å². The predicted octanol–water partition coefficient (Wildman–Crippen LogP) is 3.35. The van der Waals surface area contributed by atoms with Crippen LogP contribution in [-0.4, -0.2) is 17.6 Å². The Morgan fingerprint density at radius 3 is 2.88 bits per heavy atom. The molecule has 0 bridgehead atoms. The zero-order chi connectivity index (χ0) is 12.7. The Morgan fingerprint density at radius 2 is 2.24 bits per heavy atom. The number of nitrogens with one attached hydrogen (secondary N) is 1. The van der Waals surface area contributed by atoms with Gasteiger partial charge in [-0.1, -0.05) is 28.1 Å². The molecule has 1 aromatic rings. The lowest BCUT2D eigenvalue weighted by Crippen LogP contribution is -2.20. The first-order valence-electron chi connectivity index (χ1n) is 5.80. The molecule has 0 aromatic heterocycles. The fourth-order valence-corrected chi connectivity index (χ4v) is 2.03. The third-order valence-electron chi connectivity index (χ3n) is 2.62. The number of rotatable bonds is 7. The molecule has 0 fully saturated rings. The molecule has 0 aliphatic carbocycles. The molecule has 0 saturated carbocycles. The number of aliphatic carboxylic acids is 1. The van der Waals surface area contributed by atoms with Gasteiger partial charge in [-0.3, -0.25) is 4.79 Å². The SMILES string of the molecule is C[C@H](NCCCCC(=O)O)c1cccc(Br)c1. The van der Waals surface area contributed by atoms with Crippen LogP contribution in [0.1, 0.15) is 37.8 Å². The molecule has 0 spiro atoms. The van der Waals surface area contributed by atoms with Crippen molar-refractivity contribution in [1.82, 2.24) is 5.32 Å². The fraction of sp³-hybridized carbons (Fsp3) is 0.462. The number of carboxylic acid groups (broad SMARTS) is 1. The maximum Gasteiger partial charge on any atom is 0.303 e. The van der Waals surface area contributed by atoms with Gasteiger partial charge in [0.15, 0.2) is 0 Å². The molecule has 0 amide bonds. The monoisotopic (exact) mass is 299 g/mol. The van der Waals surface area contributed by atoms with Crippen molar-refractivity contribution in [3.05, 3.63) is 34.3 Å². The molecule has 1 atom stereocenters. The second-order valence-corrected chi connectivity index (χ2v) is 5.00. The van der Waals surface area contributed by atoms with Crippen LogP contribution in [0.3, 0.4) is 0 Å². The van der Waals surface area contributed by atoms with Crippen LogP contribution in [0.2, 0.25) is 0 Å². The zero-order valence-corrected chi connectivity index (χ0v) is 11.5. The Labute approximate surface area is 110 Å². The van der Waals surface area contributed by atoms with E-state index in [1.807, 2.05) is 12.1 Å². The summed E-state index contributed by atoms with van der Waals surface area (Å²) in [4.78, 5) is 10.3. The summed E-state index contributed by atoms with van der Waals surface area (Å²) < 4.78 is 1.08. The topological polar surface area (TPSA) is 49.3 Å². The van der Waals surface area contributed by atoms with Gasteiger partial charge >= 0.3 is 5.97 Å². The third-order valence-corrected chi connectivity index (χ3v) is 3.11. The van der Waals surface area contributed by atoms with E-state index < -0.39 is 5.97 Å². The van der Waals surface area contributed by atoms with Gasteiger partial charge in [0, 0.05) is 16.9 Å². The van der Waals surface area contributed by atoms with E-state index in [4.69, 9.17) is 5.11 Å². The summed E-state index contributed by atoms with van der Waals surface area (Å²) in [6.45, 7) is 2.96. The van der Waals surface area contributed by atoms with E-state index in [9.17, 15) is 4.79 Å². The molecule has 3 nitrogen and oxygen atoms in total. The van der Waals surface area contributed by atoms with Gasteiger partial charge in [-0.15, -0.1) is 0 Å². The lowest BCUT2D eigenvalue weighted by molar-refractivity contribution is -0.137. The largest absolute Gasteiger partial charge is 0.481 e. The number of carboxylic acids is 1. The summed E-state index contributed by atoms with van der Waals surface area (Å²) >= 11 is 3.45. The first-order chi connectivity index (χ1) is 8.09. The van der Waals surface area contributed by atoms with E-state index >= 15 is 0 Å². The molecule has 0 heterocycles. The quantitative estimate of drug-likeness (QED) is 0.759. The number of benzene rings is 1. The molecule has 0 aliphatic rings. The van der Waals surface area contributed by atoms with Gasteiger partial charge < -0.3 is 10.4 Å². The number of unbranched alkanes of at least 4 members (excludes halogenated alkanes) is 1. The van der Waals surface area contributed by atoms with E-state index in [2.05, 4.69) is 40.3 Å². The van der Waals surface area contributed by atoms with Gasteiger partial charge in [0.2, 0.25) is 0 Å². The molecule has 17 heavy (non-hydrogen) atoms. The second-order valence-electron chi connectivity index (χ2n) is 4.08. The predicted molar refractivity (Wildman–Crippen MR) is 72.0 cm³/mol. The molecule has 1 aromatic carbocycles. The van der Waals surface area contributed by atoms with Gasteiger partial charge in [-0.2, -0.15) is 0 Å². The van der Waals surface area contributed by atoms with Crippen molar-refractivity contribution in [2.45, 2.75) is 32.2 Å². The van der Waals surface area contributed by atoms with Crippen LogP contribution >= 0.6 is 15.9 Å². The zero-order valence-electron chi connectivity index (χ0n) is 9.95. The Morgan fingerprint density at radius 1 is 1.47 bits per heavy atom. The first kappa shape index (κ1) is 14.2. The van der Waals surface area contributed by atoms with Gasteiger partial charge in [0.05, 0.1) is 0 Å². The summed E-state index contributed by atoms with van der Waals surface area (Å²) in [5, 5.41) is 11.9.